The van der Waals surface area contributed by atoms with E-state index in [1.165, 1.54) is 0 Å². The van der Waals surface area contributed by atoms with Gasteiger partial charge < -0.3 is 15.0 Å². The van der Waals surface area contributed by atoms with Crippen molar-refractivity contribution in [2.45, 2.75) is 12.6 Å². The first-order valence-corrected chi connectivity index (χ1v) is 8.79. The van der Waals surface area contributed by atoms with E-state index in [1.54, 1.807) is 11.1 Å². The lowest BCUT2D eigenvalue weighted by molar-refractivity contribution is 0.0714. The molecule has 26 heavy (non-hydrogen) atoms. The Hall–Kier alpha value is -2.64. The van der Waals surface area contributed by atoms with E-state index in [0.717, 1.165) is 16.6 Å². The number of hydrogen-bond donors (Lipinski definition) is 2. The van der Waals surface area contributed by atoms with Crippen LogP contribution in [0, 0.1) is 0 Å². The van der Waals surface area contributed by atoms with Crippen LogP contribution in [0.5, 0.6) is 0 Å². The first kappa shape index (κ1) is 16.8. The van der Waals surface area contributed by atoms with Crippen LogP contribution < -0.4 is 5.32 Å². The minimum Gasteiger partial charge on any atom is -0.445 e. The van der Waals surface area contributed by atoms with Gasteiger partial charge in [-0.2, -0.15) is 0 Å². The van der Waals surface area contributed by atoms with Gasteiger partial charge in [-0.1, -0.05) is 30.3 Å². The van der Waals surface area contributed by atoms with E-state index < -0.39 is 0 Å². The maximum absolute atomic E-state index is 12.7. The Morgan fingerprint density at radius 1 is 1.27 bits per heavy atom. The minimum absolute atomic E-state index is 0.162. The number of aromatic amines is 1. The fraction of sp³-hybridized carbons (Fsp3) is 0.278. The lowest BCUT2D eigenvalue weighted by atomic mass is 10.1. The number of hydrogen-bond acceptors (Lipinski definition) is 5. The second-order valence-corrected chi connectivity index (χ2v) is 6.41. The van der Waals surface area contributed by atoms with Crippen LogP contribution in [0.15, 0.2) is 42.6 Å². The number of amides is 1. The normalized spacial score (nSPS) is 17.4. The molecule has 0 saturated carbocycles. The van der Waals surface area contributed by atoms with E-state index >= 15 is 0 Å². The van der Waals surface area contributed by atoms with Gasteiger partial charge in [-0.05, 0) is 23.2 Å². The van der Waals surface area contributed by atoms with Gasteiger partial charge in [0.05, 0.1) is 22.8 Å². The predicted octanol–water partition coefficient (Wildman–Crippen LogP) is 2.89. The van der Waals surface area contributed by atoms with Crippen LogP contribution in [0.25, 0.3) is 11.0 Å². The van der Waals surface area contributed by atoms with E-state index in [4.69, 9.17) is 16.3 Å². The second kappa shape index (κ2) is 7.31. The van der Waals surface area contributed by atoms with Gasteiger partial charge in [0.25, 0.3) is 0 Å². The van der Waals surface area contributed by atoms with Crippen molar-refractivity contribution in [2.75, 3.05) is 19.6 Å². The number of fused-ring (bicyclic) bond motifs is 1. The third kappa shape index (κ3) is 3.36. The number of carbonyl (C=O) groups is 1. The molecule has 4 rings (SSSR count). The van der Waals surface area contributed by atoms with Crippen molar-refractivity contribution < 1.29 is 9.53 Å². The highest BCUT2D eigenvalue weighted by Crippen LogP contribution is 2.28. The van der Waals surface area contributed by atoms with Crippen LogP contribution in [0.1, 0.15) is 17.3 Å². The molecule has 1 amide bonds. The van der Waals surface area contributed by atoms with Gasteiger partial charge in [-0.15, -0.1) is 0 Å². The molecule has 2 aromatic heterocycles. The summed E-state index contributed by atoms with van der Waals surface area (Å²) in [7, 11) is 0. The van der Waals surface area contributed by atoms with Crippen LogP contribution in [-0.2, 0) is 11.3 Å². The highest BCUT2D eigenvalue weighted by Gasteiger charge is 2.32. The molecule has 1 fully saturated rings. The Bertz CT molecular complexity index is 914. The predicted molar refractivity (Wildman–Crippen MR) is 97.8 cm³/mol. The summed E-state index contributed by atoms with van der Waals surface area (Å²) in [5.41, 5.74) is 3.14. The van der Waals surface area contributed by atoms with Crippen molar-refractivity contribution >= 4 is 28.7 Å². The zero-order chi connectivity index (χ0) is 17.9. The average Bonchev–Trinajstić information content (AvgIpc) is 3.14. The number of aromatic nitrogens is 3. The van der Waals surface area contributed by atoms with Crippen molar-refractivity contribution in [3.8, 4) is 0 Å². The molecule has 1 unspecified atom stereocenters. The first-order chi connectivity index (χ1) is 12.7. The summed E-state index contributed by atoms with van der Waals surface area (Å²) in [6.45, 7) is 2.03. The average molecular weight is 372 g/mol. The molecule has 134 valence electrons. The largest absolute Gasteiger partial charge is 0.445 e. The summed E-state index contributed by atoms with van der Waals surface area (Å²) in [5, 5.41) is 3.46. The quantitative estimate of drug-likeness (QED) is 0.692. The van der Waals surface area contributed by atoms with Gasteiger partial charge in [-0.25, -0.2) is 14.8 Å². The van der Waals surface area contributed by atoms with E-state index in [0.29, 0.717) is 25.3 Å². The van der Waals surface area contributed by atoms with E-state index in [9.17, 15) is 4.79 Å². The number of ether oxygens (including phenoxy) is 1. The second-order valence-electron chi connectivity index (χ2n) is 6.07. The molecule has 0 spiro atoms. The molecule has 0 bridgehead atoms. The summed E-state index contributed by atoms with van der Waals surface area (Å²) in [6.07, 6.45) is 1.42. The number of benzene rings is 1. The Morgan fingerprint density at radius 2 is 2.12 bits per heavy atom. The van der Waals surface area contributed by atoms with Crippen molar-refractivity contribution in [3.63, 3.8) is 0 Å². The molecule has 8 heteroatoms. The zero-order valence-electron chi connectivity index (χ0n) is 14.0. The zero-order valence-corrected chi connectivity index (χ0v) is 14.7. The van der Waals surface area contributed by atoms with Gasteiger partial charge in [0.1, 0.15) is 6.61 Å². The van der Waals surface area contributed by atoms with Gasteiger partial charge in [0.2, 0.25) is 5.28 Å². The highest BCUT2D eigenvalue weighted by molar-refractivity contribution is 6.28. The number of rotatable bonds is 3. The summed E-state index contributed by atoms with van der Waals surface area (Å²) in [6, 6.07) is 11.2. The Labute approximate surface area is 155 Å². The minimum atomic E-state index is -0.366. The smallest absolute Gasteiger partial charge is 0.410 e. The third-order valence-corrected chi connectivity index (χ3v) is 4.57. The van der Waals surface area contributed by atoms with Gasteiger partial charge in [0.15, 0.2) is 0 Å². The molecule has 1 aromatic carbocycles. The van der Waals surface area contributed by atoms with Crippen molar-refractivity contribution in [1.82, 2.24) is 25.2 Å². The summed E-state index contributed by atoms with van der Waals surface area (Å²) in [4.78, 5) is 26.1. The number of H-pyrrole nitrogens is 1. The number of halogens is 1. The van der Waals surface area contributed by atoms with Crippen LogP contribution in [0.2, 0.25) is 5.28 Å². The maximum atomic E-state index is 12.7. The van der Waals surface area contributed by atoms with Crippen LogP contribution in [0.3, 0.4) is 0 Å². The molecule has 0 aliphatic carbocycles. The molecule has 3 heterocycles. The SMILES string of the molecule is O=C(OCc1ccccc1)N1CCNCC1c1nc(Cl)nc2cc[nH]c12. The summed E-state index contributed by atoms with van der Waals surface area (Å²) >= 11 is 6.08. The lowest BCUT2D eigenvalue weighted by Crippen LogP contribution is -2.49. The van der Waals surface area contributed by atoms with E-state index in [1.807, 2.05) is 36.4 Å². The number of nitrogens with one attached hydrogen (secondary N) is 2. The molecule has 1 aliphatic rings. The lowest BCUT2D eigenvalue weighted by Gasteiger charge is -2.35. The molecule has 0 radical (unpaired) electrons. The van der Waals surface area contributed by atoms with Crippen LogP contribution in [-0.4, -0.2) is 45.6 Å². The standard InChI is InChI=1S/C18H18ClN5O2/c19-17-22-13-6-7-21-15(13)16(23-17)14-10-20-8-9-24(14)18(25)26-11-12-4-2-1-3-5-12/h1-7,14,20-21H,8-11H2. The molecule has 1 atom stereocenters. The fourth-order valence-electron chi connectivity index (χ4n) is 3.15. The monoisotopic (exact) mass is 371 g/mol. The Balaban J connectivity index is 1.58. The third-order valence-electron chi connectivity index (χ3n) is 4.41. The molecule has 1 saturated heterocycles. The highest BCUT2D eigenvalue weighted by atomic mass is 35.5. The molecular formula is C18H18ClN5O2. The molecule has 3 aromatic rings. The topological polar surface area (TPSA) is 83.1 Å². The first-order valence-electron chi connectivity index (χ1n) is 8.41. The van der Waals surface area contributed by atoms with Crippen LogP contribution in [0.4, 0.5) is 4.79 Å². The van der Waals surface area contributed by atoms with Gasteiger partial charge in [-0.3, -0.25) is 4.90 Å². The number of piperazine rings is 1. The molecule has 2 N–H and O–H groups in total. The van der Waals surface area contributed by atoms with E-state index in [2.05, 4.69) is 20.3 Å². The van der Waals surface area contributed by atoms with E-state index in [-0.39, 0.29) is 24.0 Å². The number of carbonyl (C=O) groups excluding carboxylic acids is 1. The number of nitrogens with zero attached hydrogens (tertiary/aromatic N) is 3. The van der Waals surface area contributed by atoms with Gasteiger partial charge >= 0.3 is 6.09 Å². The van der Waals surface area contributed by atoms with Gasteiger partial charge in [0, 0.05) is 25.8 Å². The summed E-state index contributed by atoms with van der Waals surface area (Å²) < 4.78 is 5.52. The fourth-order valence-corrected chi connectivity index (χ4v) is 3.33. The molecule has 7 nitrogen and oxygen atoms in total. The van der Waals surface area contributed by atoms with Crippen LogP contribution >= 0.6 is 11.6 Å². The van der Waals surface area contributed by atoms with Crippen molar-refractivity contribution in [2.24, 2.45) is 0 Å². The molecular weight excluding hydrogens is 354 g/mol. The maximum Gasteiger partial charge on any atom is 0.410 e. The van der Waals surface area contributed by atoms with Crippen molar-refractivity contribution in [1.29, 1.82) is 0 Å². The summed E-state index contributed by atoms with van der Waals surface area (Å²) in [5.74, 6) is 0. The molecule has 1 aliphatic heterocycles. The van der Waals surface area contributed by atoms with Crippen molar-refractivity contribution in [3.05, 3.63) is 59.1 Å². The Kier molecular flexibility index (Phi) is 4.73. The Morgan fingerprint density at radius 3 is 2.96 bits per heavy atom.